The molecule has 0 saturated heterocycles. The number of esters is 1. The summed E-state index contributed by atoms with van der Waals surface area (Å²) in [5.41, 5.74) is 3.17. The SMILES string of the molecule is C=C(CCC(C)C1CCC2(C)C1C(C)CC13CC14CCC(OC(C)=O)C(C)(C)C4CCC23)C(C)C. The second-order valence-corrected chi connectivity index (χ2v) is 15.4. The molecule has 198 valence electrons. The third-order valence-corrected chi connectivity index (χ3v) is 13.3. The van der Waals surface area contributed by atoms with Gasteiger partial charge < -0.3 is 4.74 Å². The highest BCUT2D eigenvalue weighted by atomic mass is 16.5. The first-order valence-electron chi connectivity index (χ1n) is 15.1. The number of hydrogen-bond donors (Lipinski definition) is 0. The molecule has 10 atom stereocenters. The Balaban J connectivity index is 1.37. The van der Waals surface area contributed by atoms with Gasteiger partial charge in [-0.25, -0.2) is 0 Å². The van der Waals surface area contributed by atoms with Crippen molar-refractivity contribution in [2.45, 2.75) is 126 Å². The van der Waals surface area contributed by atoms with Crippen molar-refractivity contribution in [2.75, 3.05) is 0 Å². The van der Waals surface area contributed by atoms with E-state index >= 15 is 0 Å². The van der Waals surface area contributed by atoms with E-state index in [-0.39, 0.29) is 17.5 Å². The molecule has 0 radical (unpaired) electrons. The van der Waals surface area contributed by atoms with E-state index < -0.39 is 0 Å². The second-order valence-electron chi connectivity index (χ2n) is 15.4. The summed E-state index contributed by atoms with van der Waals surface area (Å²) in [7, 11) is 0. The minimum Gasteiger partial charge on any atom is -0.462 e. The van der Waals surface area contributed by atoms with Crippen molar-refractivity contribution < 1.29 is 9.53 Å². The lowest BCUT2D eigenvalue weighted by Crippen LogP contribution is -2.57. The minimum atomic E-state index is -0.0945. The lowest BCUT2D eigenvalue weighted by Gasteiger charge is -2.61. The third kappa shape index (κ3) is 3.57. The Labute approximate surface area is 216 Å². The zero-order chi connectivity index (χ0) is 25.6. The van der Waals surface area contributed by atoms with Crippen LogP contribution in [-0.4, -0.2) is 12.1 Å². The summed E-state index contributed by atoms with van der Waals surface area (Å²) in [6.07, 6.45) is 13.6. The molecule has 0 amide bonds. The van der Waals surface area contributed by atoms with Crippen molar-refractivity contribution >= 4 is 5.97 Å². The van der Waals surface area contributed by atoms with Crippen LogP contribution >= 0.6 is 0 Å². The van der Waals surface area contributed by atoms with Gasteiger partial charge in [-0.3, -0.25) is 4.79 Å². The van der Waals surface area contributed by atoms with Gasteiger partial charge in [0.15, 0.2) is 0 Å². The van der Waals surface area contributed by atoms with Crippen LogP contribution in [-0.2, 0) is 9.53 Å². The Morgan fingerprint density at radius 2 is 1.69 bits per heavy atom. The molecule has 10 unspecified atom stereocenters. The Bertz CT molecular complexity index is 870. The number of carbonyl (C=O) groups excluding carboxylic acids is 1. The molecular weight excluding hydrogens is 428 g/mol. The molecule has 5 aliphatic carbocycles. The molecule has 0 bridgehead atoms. The number of carbonyl (C=O) groups is 1. The molecule has 5 saturated carbocycles. The van der Waals surface area contributed by atoms with E-state index in [2.05, 4.69) is 55.0 Å². The molecule has 2 heteroatoms. The highest BCUT2D eigenvalue weighted by molar-refractivity contribution is 5.66. The molecule has 5 aliphatic rings. The fourth-order valence-corrected chi connectivity index (χ4v) is 11.8. The van der Waals surface area contributed by atoms with Crippen molar-refractivity contribution in [2.24, 2.45) is 63.1 Å². The van der Waals surface area contributed by atoms with Gasteiger partial charge in [-0.05, 0) is 122 Å². The van der Waals surface area contributed by atoms with E-state index in [4.69, 9.17) is 4.74 Å². The summed E-state index contributed by atoms with van der Waals surface area (Å²) in [4.78, 5) is 11.9. The minimum absolute atomic E-state index is 0.0945. The molecular formula is C33H54O2. The van der Waals surface area contributed by atoms with Crippen LogP contribution in [0.3, 0.4) is 0 Å². The van der Waals surface area contributed by atoms with Crippen molar-refractivity contribution in [3.8, 4) is 0 Å². The first kappa shape index (κ1) is 25.8. The van der Waals surface area contributed by atoms with Gasteiger partial charge in [0, 0.05) is 12.3 Å². The molecule has 0 aromatic heterocycles. The number of rotatable bonds is 6. The number of hydrogen-bond acceptors (Lipinski definition) is 2. The van der Waals surface area contributed by atoms with Crippen molar-refractivity contribution in [1.29, 1.82) is 0 Å². The zero-order valence-electron chi connectivity index (χ0n) is 24.2. The molecule has 0 N–H and O–H groups in total. The van der Waals surface area contributed by atoms with E-state index in [1.807, 2.05) is 0 Å². The summed E-state index contributed by atoms with van der Waals surface area (Å²) >= 11 is 0. The van der Waals surface area contributed by atoms with Crippen LogP contribution in [0.1, 0.15) is 120 Å². The molecule has 0 aliphatic heterocycles. The van der Waals surface area contributed by atoms with Crippen molar-refractivity contribution in [1.82, 2.24) is 0 Å². The normalized spacial score (nSPS) is 48.3. The number of fused-ring (bicyclic) bond motifs is 2. The van der Waals surface area contributed by atoms with Gasteiger partial charge in [0.1, 0.15) is 6.10 Å². The van der Waals surface area contributed by atoms with Crippen LogP contribution in [0.2, 0.25) is 0 Å². The quantitative estimate of drug-likeness (QED) is 0.279. The smallest absolute Gasteiger partial charge is 0.302 e. The van der Waals surface area contributed by atoms with E-state index in [0.717, 1.165) is 41.9 Å². The average molecular weight is 483 g/mol. The van der Waals surface area contributed by atoms with Gasteiger partial charge in [0.25, 0.3) is 0 Å². The lowest BCUT2D eigenvalue weighted by atomic mass is 9.43. The number of ether oxygens (including phenoxy) is 1. The van der Waals surface area contributed by atoms with E-state index in [9.17, 15) is 4.79 Å². The summed E-state index contributed by atoms with van der Waals surface area (Å²) in [6, 6.07) is 0. The van der Waals surface area contributed by atoms with Gasteiger partial charge in [-0.2, -0.15) is 0 Å². The molecule has 0 aromatic carbocycles. The summed E-state index contributed by atoms with van der Waals surface area (Å²) < 4.78 is 5.91. The molecule has 0 heterocycles. The van der Waals surface area contributed by atoms with Gasteiger partial charge in [-0.1, -0.05) is 60.6 Å². The first-order chi connectivity index (χ1) is 16.3. The summed E-state index contributed by atoms with van der Waals surface area (Å²) in [6.45, 7) is 23.3. The highest BCUT2D eigenvalue weighted by Crippen LogP contribution is 2.88. The van der Waals surface area contributed by atoms with Gasteiger partial charge >= 0.3 is 5.97 Å². The Hall–Kier alpha value is -0.790. The predicted octanol–water partition coefficient (Wildman–Crippen LogP) is 8.84. The van der Waals surface area contributed by atoms with E-state index in [0.29, 0.717) is 22.2 Å². The number of allylic oxidation sites excluding steroid dienone is 1. The predicted molar refractivity (Wildman–Crippen MR) is 145 cm³/mol. The van der Waals surface area contributed by atoms with Crippen LogP contribution < -0.4 is 0 Å². The molecule has 35 heavy (non-hydrogen) atoms. The maximum absolute atomic E-state index is 11.9. The van der Waals surface area contributed by atoms with Crippen LogP contribution in [0.4, 0.5) is 0 Å². The van der Waals surface area contributed by atoms with Crippen LogP contribution in [0, 0.1) is 63.1 Å². The fraction of sp³-hybridized carbons (Fsp3) is 0.909. The summed E-state index contributed by atoms with van der Waals surface area (Å²) in [5, 5.41) is 0. The Kier molecular flexibility index (Phi) is 6.17. The Morgan fingerprint density at radius 3 is 2.34 bits per heavy atom. The molecule has 2 nitrogen and oxygen atoms in total. The maximum atomic E-state index is 11.9. The van der Waals surface area contributed by atoms with Gasteiger partial charge in [0.05, 0.1) is 0 Å². The van der Waals surface area contributed by atoms with Crippen LogP contribution in [0.15, 0.2) is 12.2 Å². The van der Waals surface area contributed by atoms with Gasteiger partial charge in [0.2, 0.25) is 0 Å². The molecule has 2 spiro atoms. The van der Waals surface area contributed by atoms with Crippen LogP contribution in [0.25, 0.3) is 0 Å². The second kappa shape index (κ2) is 8.36. The standard InChI is InChI=1S/C33H54O2/c1-20(2)21(3)10-11-22(4)25-14-16-31(9)27-13-12-26-30(7,8)28(35-24(6)34)15-17-32(26)19-33(27,32)18-23(5)29(25)31/h20,22-23,25-29H,3,10-19H2,1-2,4-9H3. The Morgan fingerprint density at radius 1 is 1.00 bits per heavy atom. The zero-order valence-corrected chi connectivity index (χ0v) is 24.2. The topological polar surface area (TPSA) is 26.3 Å². The molecule has 5 rings (SSSR count). The van der Waals surface area contributed by atoms with Crippen molar-refractivity contribution in [3.63, 3.8) is 0 Å². The molecule has 0 aromatic rings. The summed E-state index contributed by atoms with van der Waals surface area (Å²) in [5.74, 6) is 5.61. The first-order valence-corrected chi connectivity index (χ1v) is 15.1. The average Bonchev–Trinajstić information content (AvgIpc) is 3.27. The monoisotopic (exact) mass is 482 g/mol. The molecule has 5 fully saturated rings. The fourth-order valence-electron chi connectivity index (χ4n) is 11.8. The lowest BCUT2D eigenvalue weighted by molar-refractivity contribution is -0.177. The third-order valence-electron chi connectivity index (χ3n) is 13.3. The van der Waals surface area contributed by atoms with Gasteiger partial charge in [-0.15, -0.1) is 0 Å². The van der Waals surface area contributed by atoms with Crippen molar-refractivity contribution in [3.05, 3.63) is 12.2 Å². The largest absolute Gasteiger partial charge is 0.462 e. The van der Waals surface area contributed by atoms with Crippen LogP contribution in [0.5, 0.6) is 0 Å². The maximum Gasteiger partial charge on any atom is 0.302 e. The van der Waals surface area contributed by atoms with E-state index in [1.165, 1.54) is 63.4 Å². The van der Waals surface area contributed by atoms with E-state index in [1.54, 1.807) is 6.92 Å². The highest BCUT2D eigenvalue weighted by Gasteiger charge is 2.81.